The van der Waals surface area contributed by atoms with Gasteiger partial charge < -0.3 is 10.2 Å². The highest BCUT2D eigenvalue weighted by molar-refractivity contribution is 7.88. The van der Waals surface area contributed by atoms with Crippen LogP contribution in [0.25, 0.3) is 0 Å². The van der Waals surface area contributed by atoms with Gasteiger partial charge in [0.25, 0.3) is 0 Å². The first-order valence-corrected chi connectivity index (χ1v) is 9.60. The minimum Gasteiger partial charge on any atom is -0.338 e. The molecule has 23 heavy (non-hydrogen) atoms. The highest BCUT2D eigenvalue weighted by Gasteiger charge is 2.29. The Labute approximate surface area is 138 Å². The molecule has 0 radical (unpaired) electrons. The Morgan fingerprint density at radius 3 is 2.43 bits per heavy atom. The Kier molecular flexibility index (Phi) is 6.01. The summed E-state index contributed by atoms with van der Waals surface area (Å²) in [5.74, 6) is 0.0156. The number of piperazine rings is 1. The third-order valence-corrected chi connectivity index (χ3v) is 5.87. The molecule has 1 saturated heterocycles. The molecule has 0 aliphatic carbocycles. The van der Waals surface area contributed by atoms with Gasteiger partial charge in [0.1, 0.15) is 0 Å². The minimum atomic E-state index is -3.35. The Hall–Kier alpha value is -1.60. The van der Waals surface area contributed by atoms with E-state index >= 15 is 0 Å². The van der Waals surface area contributed by atoms with Crippen molar-refractivity contribution in [1.82, 2.24) is 14.5 Å². The van der Waals surface area contributed by atoms with Crippen LogP contribution in [0.5, 0.6) is 0 Å². The predicted molar refractivity (Wildman–Crippen MR) is 90.6 cm³/mol. The Balaban J connectivity index is 1.93. The molecule has 1 N–H and O–H groups in total. The maximum absolute atomic E-state index is 12.6. The fourth-order valence-corrected chi connectivity index (χ4v) is 4.19. The van der Waals surface area contributed by atoms with Gasteiger partial charge in [0.05, 0.1) is 5.75 Å². The van der Waals surface area contributed by atoms with E-state index in [0.717, 1.165) is 17.5 Å². The van der Waals surface area contributed by atoms with Crippen molar-refractivity contribution in [3.8, 4) is 0 Å². The number of urea groups is 1. The van der Waals surface area contributed by atoms with Gasteiger partial charge in [-0.05, 0) is 24.5 Å². The van der Waals surface area contributed by atoms with Gasteiger partial charge in [-0.15, -0.1) is 0 Å². The number of nitrogens with one attached hydrogen (secondary N) is 1. The molecule has 128 valence electrons. The van der Waals surface area contributed by atoms with E-state index in [1.165, 1.54) is 4.31 Å². The number of benzene rings is 1. The largest absolute Gasteiger partial charge is 0.338 e. The zero-order valence-electron chi connectivity index (χ0n) is 13.8. The van der Waals surface area contributed by atoms with E-state index in [1.54, 1.807) is 4.90 Å². The number of amides is 2. The Bertz CT molecular complexity index is 638. The summed E-state index contributed by atoms with van der Waals surface area (Å²) in [5.41, 5.74) is 1.81. The lowest BCUT2D eigenvalue weighted by Gasteiger charge is -2.34. The van der Waals surface area contributed by atoms with Gasteiger partial charge in [-0.1, -0.05) is 31.2 Å². The topological polar surface area (TPSA) is 69.7 Å². The van der Waals surface area contributed by atoms with Crippen LogP contribution < -0.4 is 5.32 Å². The molecule has 1 aliphatic heterocycles. The van der Waals surface area contributed by atoms with Crippen molar-refractivity contribution >= 4 is 16.1 Å². The molecule has 1 fully saturated rings. The molecule has 0 atom stereocenters. The molecule has 1 aromatic rings. The lowest BCUT2D eigenvalue weighted by Crippen LogP contribution is -2.53. The van der Waals surface area contributed by atoms with E-state index in [-0.39, 0.29) is 11.8 Å². The molecule has 7 heteroatoms. The van der Waals surface area contributed by atoms with E-state index in [2.05, 4.69) is 5.32 Å². The second kappa shape index (κ2) is 7.79. The van der Waals surface area contributed by atoms with Crippen molar-refractivity contribution in [3.05, 3.63) is 35.4 Å². The van der Waals surface area contributed by atoms with Crippen molar-refractivity contribution in [1.29, 1.82) is 0 Å². The van der Waals surface area contributed by atoms with Gasteiger partial charge >= 0.3 is 6.03 Å². The number of nitrogens with zero attached hydrogens (tertiary/aromatic N) is 2. The van der Waals surface area contributed by atoms with Crippen LogP contribution in [0, 0.1) is 6.92 Å². The molecule has 0 spiro atoms. The summed E-state index contributed by atoms with van der Waals surface area (Å²) in [6, 6.07) is 7.41. The van der Waals surface area contributed by atoms with E-state index < -0.39 is 10.0 Å². The quantitative estimate of drug-likeness (QED) is 0.885. The third-order valence-electron chi connectivity index (χ3n) is 4.04. The van der Waals surface area contributed by atoms with Gasteiger partial charge in [-0.25, -0.2) is 13.2 Å². The smallest absolute Gasteiger partial charge is 0.317 e. The molecule has 6 nitrogen and oxygen atoms in total. The van der Waals surface area contributed by atoms with Gasteiger partial charge in [-0.3, -0.25) is 0 Å². The summed E-state index contributed by atoms with van der Waals surface area (Å²) in [6.45, 7) is 6.13. The van der Waals surface area contributed by atoms with E-state index in [0.29, 0.717) is 32.7 Å². The second-order valence-corrected chi connectivity index (χ2v) is 7.77. The van der Waals surface area contributed by atoms with Crippen molar-refractivity contribution in [3.63, 3.8) is 0 Å². The van der Waals surface area contributed by atoms with Gasteiger partial charge in [-0.2, -0.15) is 4.31 Å². The van der Waals surface area contributed by atoms with Gasteiger partial charge in [0.2, 0.25) is 10.0 Å². The summed E-state index contributed by atoms with van der Waals surface area (Å²) in [6.07, 6.45) is 0.885. The first-order valence-electron chi connectivity index (χ1n) is 7.99. The zero-order chi connectivity index (χ0) is 16.9. The number of carbonyl (C=O) groups is 1. The summed E-state index contributed by atoms with van der Waals surface area (Å²) < 4.78 is 26.6. The average molecular weight is 339 g/mol. The van der Waals surface area contributed by atoms with E-state index in [1.807, 2.05) is 38.1 Å². The molecular weight excluding hydrogens is 314 g/mol. The van der Waals surface area contributed by atoms with E-state index in [4.69, 9.17) is 0 Å². The minimum absolute atomic E-state index is 0.0156. The Morgan fingerprint density at radius 2 is 1.83 bits per heavy atom. The number of carbonyl (C=O) groups excluding carboxylic acids is 1. The summed E-state index contributed by atoms with van der Waals surface area (Å²) >= 11 is 0. The van der Waals surface area contributed by atoms with Crippen LogP contribution in [0.3, 0.4) is 0 Å². The van der Waals surface area contributed by atoms with Crippen LogP contribution >= 0.6 is 0 Å². The zero-order valence-corrected chi connectivity index (χ0v) is 14.6. The average Bonchev–Trinajstić information content (AvgIpc) is 2.55. The lowest BCUT2D eigenvalue weighted by molar-refractivity contribution is 0.172. The van der Waals surface area contributed by atoms with Crippen LogP contribution in [0.1, 0.15) is 24.5 Å². The molecule has 2 amide bonds. The molecule has 0 saturated carbocycles. The second-order valence-electron chi connectivity index (χ2n) is 5.80. The molecule has 1 heterocycles. The maximum atomic E-state index is 12.6. The predicted octanol–water partition coefficient (Wildman–Crippen LogP) is 1.56. The number of sulfonamides is 1. The maximum Gasteiger partial charge on any atom is 0.317 e. The van der Waals surface area contributed by atoms with Crippen LogP contribution in [0.2, 0.25) is 0 Å². The van der Waals surface area contributed by atoms with Crippen molar-refractivity contribution in [2.24, 2.45) is 0 Å². The molecule has 1 aliphatic rings. The van der Waals surface area contributed by atoms with Crippen LogP contribution in [-0.4, -0.2) is 56.4 Å². The van der Waals surface area contributed by atoms with Gasteiger partial charge in [0, 0.05) is 32.7 Å². The summed E-state index contributed by atoms with van der Waals surface area (Å²) in [5, 5.41) is 2.82. The SMILES string of the molecule is CCCNC(=O)N1CCN(S(=O)(=O)Cc2ccccc2C)CC1. The van der Waals surface area contributed by atoms with Crippen molar-refractivity contribution in [2.45, 2.75) is 26.0 Å². The van der Waals surface area contributed by atoms with Crippen molar-refractivity contribution in [2.75, 3.05) is 32.7 Å². The molecule has 0 bridgehead atoms. The first kappa shape index (κ1) is 17.7. The summed E-state index contributed by atoms with van der Waals surface area (Å²) in [7, 11) is -3.35. The number of rotatable bonds is 5. The normalized spacial score (nSPS) is 16.3. The number of hydrogen-bond donors (Lipinski definition) is 1. The monoisotopic (exact) mass is 339 g/mol. The molecular formula is C16H25N3O3S. The fourth-order valence-electron chi connectivity index (χ4n) is 2.57. The number of aryl methyl sites for hydroxylation is 1. The van der Waals surface area contributed by atoms with Crippen LogP contribution in [0.4, 0.5) is 4.79 Å². The first-order chi connectivity index (χ1) is 10.9. The van der Waals surface area contributed by atoms with E-state index in [9.17, 15) is 13.2 Å². The summed E-state index contributed by atoms with van der Waals surface area (Å²) in [4.78, 5) is 13.6. The highest BCUT2D eigenvalue weighted by atomic mass is 32.2. The number of hydrogen-bond acceptors (Lipinski definition) is 3. The van der Waals surface area contributed by atoms with Crippen LogP contribution in [0.15, 0.2) is 24.3 Å². The fraction of sp³-hybridized carbons (Fsp3) is 0.562. The molecule has 0 aromatic heterocycles. The molecule has 1 aromatic carbocycles. The highest BCUT2D eigenvalue weighted by Crippen LogP contribution is 2.16. The third kappa shape index (κ3) is 4.68. The molecule has 0 unspecified atom stereocenters. The van der Waals surface area contributed by atoms with Crippen molar-refractivity contribution < 1.29 is 13.2 Å². The van der Waals surface area contributed by atoms with Crippen LogP contribution in [-0.2, 0) is 15.8 Å². The molecule has 2 rings (SSSR count). The lowest BCUT2D eigenvalue weighted by atomic mass is 10.1. The Morgan fingerprint density at radius 1 is 1.17 bits per heavy atom. The standard InChI is InChI=1S/C16H25N3O3S/c1-3-8-17-16(20)18-9-11-19(12-10-18)23(21,22)13-15-7-5-4-6-14(15)2/h4-7H,3,8-13H2,1-2H3,(H,17,20). The van der Waals surface area contributed by atoms with Gasteiger partial charge in [0.15, 0.2) is 0 Å².